The van der Waals surface area contributed by atoms with Gasteiger partial charge in [0.2, 0.25) is 0 Å². The first-order valence-corrected chi connectivity index (χ1v) is 7.23. The summed E-state index contributed by atoms with van der Waals surface area (Å²) in [6.07, 6.45) is 5.19. The van der Waals surface area contributed by atoms with Crippen molar-refractivity contribution in [1.29, 1.82) is 0 Å². The Morgan fingerprint density at radius 1 is 0.864 bits per heavy atom. The molecule has 112 valence electrons. The fourth-order valence-corrected chi connectivity index (χ4v) is 2.74. The third kappa shape index (κ3) is 3.11. The van der Waals surface area contributed by atoms with Crippen LogP contribution in [0, 0.1) is 0 Å². The molecule has 0 aromatic heterocycles. The second kappa shape index (κ2) is 5.79. The van der Waals surface area contributed by atoms with Gasteiger partial charge in [-0.3, -0.25) is 0 Å². The van der Waals surface area contributed by atoms with E-state index in [1.165, 1.54) is 6.08 Å². The van der Waals surface area contributed by atoms with Crippen LogP contribution in [0.5, 0.6) is 5.75 Å². The van der Waals surface area contributed by atoms with Crippen molar-refractivity contribution in [2.24, 2.45) is 0 Å². The lowest BCUT2D eigenvalue weighted by atomic mass is 9.82. The second-order valence-electron chi connectivity index (χ2n) is 5.56. The van der Waals surface area contributed by atoms with Crippen LogP contribution in [-0.4, -0.2) is 21.1 Å². The number of aromatic hydroxyl groups is 1. The van der Waals surface area contributed by atoms with Crippen molar-refractivity contribution in [2.45, 2.75) is 18.1 Å². The third-order valence-corrected chi connectivity index (χ3v) is 3.87. The second-order valence-corrected chi connectivity index (χ2v) is 5.56. The molecule has 0 saturated heterocycles. The zero-order valence-corrected chi connectivity index (χ0v) is 12.1. The van der Waals surface area contributed by atoms with E-state index in [-0.39, 0.29) is 18.1 Å². The van der Waals surface area contributed by atoms with Gasteiger partial charge in [-0.05, 0) is 34.9 Å². The molecule has 0 amide bonds. The monoisotopic (exact) mass is 294 g/mol. The number of phenols is 1. The van der Waals surface area contributed by atoms with E-state index in [1.54, 1.807) is 18.2 Å². The third-order valence-electron chi connectivity index (χ3n) is 3.87. The normalized spacial score (nSPS) is 17.8. The lowest BCUT2D eigenvalue weighted by Crippen LogP contribution is -2.26. The number of benzene rings is 2. The van der Waals surface area contributed by atoms with Crippen molar-refractivity contribution in [2.75, 3.05) is 0 Å². The van der Waals surface area contributed by atoms with E-state index >= 15 is 0 Å². The molecule has 22 heavy (non-hydrogen) atoms. The maximum Gasteiger partial charge on any atom is 0.186 e. The summed E-state index contributed by atoms with van der Waals surface area (Å²) in [5.41, 5.74) is 3.17. The molecule has 0 bridgehead atoms. The van der Waals surface area contributed by atoms with Crippen LogP contribution in [0.25, 0.3) is 0 Å². The van der Waals surface area contributed by atoms with Crippen LogP contribution in [-0.2, 0) is 0 Å². The van der Waals surface area contributed by atoms with Gasteiger partial charge in [0.1, 0.15) is 5.75 Å². The molecule has 2 aromatic rings. The van der Waals surface area contributed by atoms with Crippen LogP contribution >= 0.6 is 0 Å². The average molecular weight is 294 g/mol. The minimum atomic E-state index is -1.76. The molecular formula is C19H18O3. The number of phenolic OH excluding ortho intramolecular Hbond substituents is 1. The van der Waals surface area contributed by atoms with Crippen molar-refractivity contribution in [1.82, 2.24) is 0 Å². The summed E-state index contributed by atoms with van der Waals surface area (Å²) in [4.78, 5) is 0. The number of aliphatic hydroxyl groups is 2. The average Bonchev–Trinajstić information content (AvgIpc) is 2.52. The summed E-state index contributed by atoms with van der Waals surface area (Å²) in [5, 5.41) is 28.8. The molecular weight excluding hydrogens is 276 g/mol. The van der Waals surface area contributed by atoms with E-state index < -0.39 is 5.79 Å². The Morgan fingerprint density at radius 2 is 1.50 bits per heavy atom. The van der Waals surface area contributed by atoms with Gasteiger partial charge in [-0.25, -0.2) is 0 Å². The molecule has 0 saturated carbocycles. The molecule has 3 N–H and O–H groups in total. The van der Waals surface area contributed by atoms with E-state index in [0.717, 1.165) is 16.7 Å². The van der Waals surface area contributed by atoms with Crippen LogP contribution in [0.2, 0.25) is 0 Å². The Balaban J connectivity index is 2.03. The zero-order valence-electron chi connectivity index (χ0n) is 12.1. The Bertz CT molecular complexity index is 697. The summed E-state index contributed by atoms with van der Waals surface area (Å²) in [6.45, 7) is 0. The van der Waals surface area contributed by atoms with Gasteiger partial charge >= 0.3 is 0 Å². The van der Waals surface area contributed by atoms with Gasteiger partial charge in [0.05, 0.1) is 0 Å². The SMILES string of the molecule is Oc1ccc(C(C2=CCC(O)(O)C=C2)c2ccccc2)cc1. The van der Waals surface area contributed by atoms with E-state index in [2.05, 4.69) is 0 Å². The molecule has 3 nitrogen and oxygen atoms in total. The molecule has 1 unspecified atom stereocenters. The van der Waals surface area contributed by atoms with E-state index in [1.807, 2.05) is 48.5 Å². The smallest absolute Gasteiger partial charge is 0.186 e. The molecule has 3 heteroatoms. The highest BCUT2D eigenvalue weighted by Gasteiger charge is 2.25. The standard InChI is InChI=1S/C19H18O3/c20-17-8-6-15(7-9-17)18(14-4-2-1-3-5-14)16-10-12-19(21,22)13-11-16/h1-12,18,20-22H,13H2. The van der Waals surface area contributed by atoms with Gasteiger partial charge < -0.3 is 15.3 Å². The highest BCUT2D eigenvalue weighted by Crippen LogP contribution is 2.36. The molecule has 1 aliphatic carbocycles. The van der Waals surface area contributed by atoms with Crippen LogP contribution in [0.4, 0.5) is 0 Å². The molecule has 0 heterocycles. The Morgan fingerprint density at radius 3 is 2.09 bits per heavy atom. The van der Waals surface area contributed by atoms with Gasteiger partial charge in [-0.15, -0.1) is 0 Å². The van der Waals surface area contributed by atoms with E-state index in [9.17, 15) is 15.3 Å². The summed E-state index contributed by atoms with van der Waals surface area (Å²) in [5.74, 6) is -1.54. The van der Waals surface area contributed by atoms with Gasteiger partial charge in [0.15, 0.2) is 5.79 Å². The van der Waals surface area contributed by atoms with Crippen molar-refractivity contribution in [3.8, 4) is 5.75 Å². The molecule has 1 aliphatic rings. The Kier molecular flexibility index (Phi) is 3.84. The lowest BCUT2D eigenvalue weighted by Gasteiger charge is -2.25. The maximum atomic E-state index is 9.64. The van der Waals surface area contributed by atoms with Crippen LogP contribution in [0.1, 0.15) is 23.5 Å². The van der Waals surface area contributed by atoms with Crippen molar-refractivity contribution in [3.05, 3.63) is 89.5 Å². The minimum absolute atomic E-state index is 0.00542. The highest BCUT2D eigenvalue weighted by molar-refractivity contribution is 5.47. The van der Waals surface area contributed by atoms with Gasteiger partial charge in [0, 0.05) is 12.3 Å². The van der Waals surface area contributed by atoms with Gasteiger partial charge in [-0.2, -0.15) is 0 Å². The number of hydrogen-bond acceptors (Lipinski definition) is 3. The van der Waals surface area contributed by atoms with Crippen LogP contribution < -0.4 is 0 Å². The lowest BCUT2D eigenvalue weighted by molar-refractivity contribution is -0.115. The van der Waals surface area contributed by atoms with Crippen LogP contribution in [0.15, 0.2) is 78.4 Å². The zero-order chi connectivity index (χ0) is 15.6. The number of hydrogen-bond donors (Lipinski definition) is 3. The fourth-order valence-electron chi connectivity index (χ4n) is 2.74. The summed E-state index contributed by atoms with van der Waals surface area (Å²) in [7, 11) is 0. The Labute approximate surface area is 129 Å². The molecule has 0 radical (unpaired) electrons. The first kappa shape index (κ1) is 14.6. The minimum Gasteiger partial charge on any atom is -0.508 e. The summed E-state index contributed by atoms with van der Waals surface area (Å²) in [6, 6.07) is 17.1. The van der Waals surface area contributed by atoms with Gasteiger partial charge in [-0.1, -0.05) is 54.6 Å². The largest absolute Gasteiger partial charge is 0.508 e. The number of rotatable bonds is 3. The molecule has 0 aliphatic heterocycles. The highest BCUT2D eigenvalue weighted by atomic mass is 16.5. The quantitative estimate of drug-likeness (QED) is 0.762. The predicted octanol–water partition coefficient (Wildman–Crippen LogP) is 3.09. The maximum absolute atomic E-state index is 9.64. The van der Waals surface area contributed by atoms with Crippen molar-refractivity contribution >= 4 is 0 Å². The first-order valence-electron chi connectivity index (χ1n) is 7.23. The topological polar surface area (TPSA) is 60.7 Å². The summed E-state index contributed by atoms with van der Waals surface area (Å²) < 4.78 is 0. The van der Waals surface area contributed by atoms with E-state index in [0.29, 0.717) is 0 Å². The van der Waals surface area contributed by atoms with Gasteiger partial charge in [0.25, 0.3) is 0 Å². The molecule has 1 atom stereocenters. The summed E-state index contributed by atoms with van der Waals surface area (Å²) >= 11 is 0. The molecule has 0 spiro atoms. The molecule has 2 aromatic carbocycles. The van der Waals surface area contributed by atoms with Crippen molar-refractivity contribution in [3.63, 3.8) is 0 Å². The first-order chi connectivity index (χ1) is 10.6. The molecule has 3 rings (SSSR count). The fraction of sp³-hybridized carbons (Fsp3) is 0.158. The Hall–Kier alpha value is -2.36. The van der Waals surface area contributed by atoms with E-state index in [4.69, 9.17) is 0 Å². The molecule has 0 fully saturated rings. The predicted molar refractivity (Wildman–Crippen MR) is 85.4 cm³/mol. The van der Waals surface area contributed by atoms with Crippen LogP contribution in [0.3, 0.4) is 0 Å². The van der Waals surface area contributed by atoms with Crippen molar-refractivity contribution < 1.29 is 15.3 Å². The number of allylic oxidation sites excluding steroid dienone is 2.